The SMILES string of the molecule is CC1(C)CC2CC(=O)[C]([Ge]([CH3])([CH3])[CH3])=C2C1O[Si](C)(C)C(C)(C)C. The van der Waals surface area contributed by atoms with Gasteiger partial charge in [0.1, 0.15) is 0 Å². The standard InChI is InChI=1S/C19H36GeO2Si/c1-18(2,3)23(9,10)22-17-15-13(12-19(17,4)5)11-14(21)16(15)20(6,7)8/h13,17H,11-12H2,1-10H3. The second kappa shape index (κ2) is 5.57. The first-order valence-electron chi connectivity index (χ1n) is 9.03. The van der Waals surface area contributed by atoms with Gasteiger partial charge in [-0.05, 0) is 0 Å². The molecule has 0 bridgehead atoms. The van der Waals surface area contributed by atoms with Gasteiger partial charge in [-0.15, -0.1) is 0 Å². The second-order valence-electron chi connectivity index (χ2n) is 10.9. The first kappa shape index (κ1) is 19.5. The maximum atomic E-state index is 12.7. The molecule has 0 aromatic heterocycles. The quantitative estimate of drug-likeness (QED) is 0.582. The Bertz CT molecular complexity index is 547. The first-order valence-corrected chi connectivity index (χ1v) is 19.3. The topological polar surface area (TPSA) is 26.3 Å². The van der Waals surface area contributed by atoms with Crippen molar-refractivity contribution in [1.29, 1.82) is 0 Å². The van der Waals surface area contributed by atoms with Crippen molar-refractivity contribution in [2.24, 2.45) is 11.3 Å². The number of hydrogen-bond donors (Lipinski definition) is 0. The van der Waals surface area contributed by atoms with E-state index in [-0.39, 0.29) is 16.6 Å². The molecule has 0 aromatic carbocycles. The first-order chi connectivity index (χ1) is 10.1. The van der Waals surface area contributed by atoms with Crippen LogP contribution in [0.5, 0.6) is 0 Å². The predicted molar refractivity (Wildman–Crippen MR) is 104 cm³/mol. The minimum atomic E-state index is -2.17. The number of rotatable bonds is 3. The van der Waals surface area contributed by atoms with Crippen molar-refractivity contribution >= 4 is 27.4 Å². The molecule has 2 unspecified atom stereocenters. The van der Waals surface area contributed by atoms with Gasteiger partial charge in [-0.3, -0.25) is 0 Å². The van der Waals surface area contributed by atoms with Gasteiger partial charge < -0.3 is 0 Å². The molecular formula is C19H36GeO2Si. The number of Topliss-reactive ketones (excluding diaryl/α,β-unsaturated/α-hetero) is 1. The molecule has 0 spiro atoms. The van der Waals surface area contributed by atoms with E-state index in [0.717, 1.165) is 12.8 Å². The van der Waals surface area contributed by atoms with Gasteiger partial charge in [-0.25, -0.2) is 0 Å². The van der Waals surface area contributed by atoms with E-state index < -0.39 is 21.6 Å². The number of hydrogen-bond acceptors (Lipinski definition) is 2. The molecule has 2 rings (SSSR count). The van der Waals surface area contributed by atoms with E-state index in [1.54, 1.807) is 0 Å². The Morgan fingerprint density at radius 3 is 2.13 bits per heavy atom. The third-order valence-corrected chi connectivity index (χ3v) is 14.9. The summed E-state index contributed by atoms with van der Waals surface area (Å²) in [5.41, 5.74) is 1.58. The molecule has 2 aliphatic carbocycles. The summed E-state index contributed by atoms with van der Waals surface area (Å²) in [6.07, 6.45) is 2.00. The van der Waals surface area contributed by atoms with E-state index in [4.69, 9.17) is 4.43 Å². The Hall–Kier alpha value is 0.130. The zero-order chi connectivity index (χ0) is 18.0. The van der Waals surface area contributed by atoms with Gasteiger partial charge in [-0.1, -0.05) is 0 Å². The Morgan fingerprint density at radius 2 is 1.70 bits per heavy atom. The maximum absolute atomic E-state index is 12.7. The average Bonchev–Trinajstić information content (AvgIpc) is 2.69. The van der Waals surface area contributed by atoms with Crippen LogP contribution in [0.3, 0.4) is 0 Å². The van der Waals surface area contributed by atoms with Crippen molar-refractivity contribution in [3.05, 3.63) is 9.98 Å². The van der Waals surface area contributed by atoms with Crippen LogP contribution >= 0.6 is 0 Å². The molecule has 132 valence electrons. The van der Waals surface area contributed by atoms with Crippen molar-refractivity contribution < 1.29 is 9.22 Å². The second-order valence-corrected chi connectivity index (χ2v) is 26.1. The number of fused-ring (bicyclic) bond motifs is 1. The summed E-state index contributed by atoms with van der Waals surface area (Å²) in [4.78, 5) is 12.7. The Balaban J connectivity index is 2.52. The van der Waals surface area contributed by atoms with Gasteiger partial charge >= 0.3 is 147 Å². The molecule has 1 saturated carbocycles. The van der Waals surface area contributed by atoms with Crippen molar-refractivity contribution in [2.45, 2.75) is 89.0 Å². The molecule has 0 aromatic rings. The molecule has 23 heavy (non-hydrogen) atoms. The molecule has 0 amide bonds. The van der Waals surface area contributed by atoms with Crippen molar-refractivity contribution in [3.8, 4) is 0 Å². The molecule has 1 fully saturated rings. The number of ketones is 1. The van der Waals surface area contributed by atoms with Crippen molar-refractivity contribution in [1.82, 2.24) is 0 Å². The Morgan fingerprint density at radius 1 is 1.17 bits per heavy atom. The summed E-state index contributed by atoms with van der Waals surface area (Å²) in [6, 6.07) is 0. The van der Waals surface area contributed by atoms with Gasteiger partial charge in [0.2, 0.25) is 0 Å². The van der Waals surface area contributed by atoms with Crippen LogP contribution in [-0.4, -0.2) is 33.5 Å². The summed E-state index contributed by atoms with van der Waals surface area (Å²) < 4.78 is 8.18. The van der Waals surface area contributed by atoms with Crippen LogP contribution < -0.4 is 0 Å². The molecule has 0 radical (unpaired) electrons. The molecule has 0 heterocycles. The van der Waals surface area contributed by atoms with E-state index >= 15 is 0 Å². The fraction of sp³-hybridized carbons (Fsp3) is 0.842. The fourth-order valence-corrected chi connectivity index (χ4v) is 9.92. The summed E-state index contributed by atoms with van der Waals surface area (Å²) in [6.45, 7) is 16.3. The van der Waals surface area contributed by atoms with Crippen LogP contribution in [0.4, 0.5) is 0 Å². The van der Waals surface area contributed by atoms with Gasteiger partial charge in [0, 0.05) is 0 Å². The van der Waals surface area contributed by atoms with Gasteiger partial charge in [-0.2, -0.15) is 0 Å². The summed E-state index contributed by atoms with van der Waals surface area (Å²) in [7, 11) is -1.85. The van der Waals surface area contributed by atoms with Crippen LogP contribution in [0.15, 0.2) is 9.98 Å². The van der Waals surface area contributed by atoms with Crippen LogP contribution in [-0.2, 0) is 9.22 Å². The van der Waals surface area contributed by atoms with Gasteiger partial charge in [0.25, 0.3) is 0 Å². The summed E-state index contributed by atoms with van der Waals surface area (Å²) >= 11 is -2.17. The van der Waals surface area contributed by atoms with Gasteiger partial charge in [0.05, 0.1) is 0 Å². The van der Waals surface area contributed by atoms with E-state index in [0.29, 0.717) is 11.7 Å². The monoisotopic (exact) mass is 398 g/mol. The van der Waals surface area contributed by atoms with Crippen LogP contribution in [0.1, 0.15) is 47.5 Å². The minimum absolute atomic E-state index is 0.148. The predicted octanol–water partition coefficient (Wildman–Crippen LogP) is 5.57. The molecule has 0 saturated heterocycles. The number of carbonyl (C=O) groups excluding carboxylic acids is 1. The molecule has 0 aliphatic heterocycles. The van der Waals surface area contributed by atoms with Gasteiger partial charge in [0.15, 0.2) is 0 Å². The van der Waals surface area contributed by atoms with Crippen LogP contribution in [0, 0.1) is 11.3 Å². The molecule has 2 aliphatic rings. The zero-order valence-electron chi connectivity index (χ0n) is 16.9. The van der Waals surface area contributed by atoms with E-state index in [2.05, 4.69) is 65.0 Å². The van der Waals surface area contributed by atoms with Crippen LogP contribution in [0.25, 0.3) is 0 Å². The van der Waals surface area contributed by atoms with E-state index in [9.17, 15) is 4.79 Å². The molecular weight excluding hydrogens is 361 g/mol. The summed E-state index contributed by atoms with van der Waals surface area (Å²) in [5, 5.41) is 0.202. The zero-order valence-corrected chi connectivity index (χ0v) is 20.0. The molecule has 2 atom stereocenters. The number of carbonyl (C=O) groups is 1. The number of allylic oxidation sites excluding steroid dienone is 1. The molecule has 0 N–H and O–H groups in total. The molecule has 2 nitrogen and oxygen atoms in total. The average molecular weight is 397 g/mol. The Labute approximate surface area is 146 Å². The third kappa shape index (κ3) is 3.43. The van der Waals surface area contributed by atoms with Crippen LogP contribution in [0.2, 0.25) is 35.4 Å². The Kier molecular flexibility index (Phi) is 4.71. The fourth-order valence-electron chi connectivity index (χ4n) is 4.04. The normalized spacial score (nSPS) is 28.5. The van der Waals surface area contributed by atoms with E-state index in [1.165, 1.54) is 9.98 Å². The van der Waals surface area contributed by atoms with Crippen molar-refractivity contribution in [3.63, 3.8) is 0 Å². The molecule has 4 heteroatoms. The van der Waals surface area contributed by atoms with Crippen molar-refractivity contribution in [2.75, 3.05) is 0 Å². The third-order valence-electron chi connectivity index (χ3n) is 6.17. The van der Waals surface area contributed by atoms with E-state index in [1.807, 2.05) is 0 Å². The summed E-state index contributed by atoms with van der Waals surface area (Å²) in [5.74, 6) is 7.97.